The number of fused-ring (bicyclic) bond motifs is 1. The molecule has 1 heterocycles. The van der Waals surface area contributed by atoms with Crippen molar-refractivity contribution in [1.82, 2.24) is 10.3 Å². The minimum atomic E-state index is 0.113. The Hall–Kier alpha value is -1.42. The molecule has 2 saturated carbocycles. The first-order chi connectivity index (χ1) is 9.20. The van der Waals surface area contributed by atoms with Crippen molar-refractivity contribution in [3.05, 3.63) is 30.1 Å². The van der Waals surface area contributed by atoms with Crippen molar-refractivity contribution in [2.45, 2.75) is 44.2 Å². The zero-order valence-corrected chi connectivity index (χ0v) is 11.1. The number of carbonyl (C=O) groups excluding carboxylic acids is 1. The first-order valence-corrected chi connectivity index (χ1v) is 7.14. The predicted molar refractivity (Wildman–Crippen MR) is 73.3 cm³/mol. The van der Waals surface area contributed by atoms with Crippen molar-refractivity contribution in [1.29, 1.82) is 0 Å². The molecular formula is C15H21N3O. The molecule has 2 atom stereocenters. The second-order valence-electron chi connectivity index (χ2n) is 6.03. The average Bonchev–Trinajstić information content (AvgIpc) is 2.86. The Balaban J connectivity index is 1.49. The first kappa shape index (κ1) is 12.6. The topological polar surface area (TPSA) is 68.0 Å². The lowest BCUT2D eigenvalue weighted by atomic mass is 10.0. The molecule has 1 amide bonds. The highest BCUT2D eigenvalue weighted by atomic mass is 16.1. The molecule has 0 saturated heterocycles. The molecule has 3 N–H and O–H groups in total. The summed E-state index contributed by atoms with van der Waals surface area (Å²) in [5.41, 5.74) is 6.95. The van der Waals surface area contributed by atoms with Gasteiger partial charge in [0.1, 0.15) is 0 Å². The molecule has 0 spiro atoms. The number of hydrogen-bond donors (Lipinski definition) is 2. The lowest BCUT2D eigenvalue weighted by Crippen LogP contribution is -2.35. The highest BCUT2D eigenvalue weighted by Crippen LogP contribution is 2.43. The lowest BCUT2D eigenvalue weighted by Gasteiger charge is -2.14. The highest BCUT2D eigenvalue weighted by Gasteiger charge is 2.40. The Morgan fingerprint density at radius 1 is 1.32 bits per heavy atom. The zero-order chi connectivity index (χ0) is 13.2. The summed E-state index contributed by atoms with van der Waals surface area (Å²) in [5, 5.41) is 3.16. The maximum atomic E-state index is 12.0. The number of hydrogen-bond acceptors (Lipinski definition) is 3. The van der Waals surface area contributed by atoms with Crippen molar-refractivity contribution < 1.29 is 4.79 Å². The fraction of sp³-hybridized carbons (Fsp3) is 0.600. The van der Waals surface area contributed by atoms with E-state index >= 15 is 0 Å². The molecule has 19 heavy (non-hydrogen) atoms. The maximum absolute atomic E-state index is 12.0. The number of rotatable bonds is 3. The van der Waals surface area contributed by atoms with Crippen LogP contribution >= 0.6 is 0 Å². The number of amides is 1. The van der Waals surface area contributed by atoms with Crippen LogP contribution in [0.1, 0.15) is 31.2 Å². The second kappa shape index (κ2) is 5.29. The van der Waals surface area contributed by atoms with E-state index in [4.69, 9.17) is 5.73 Å². The van der Waals surface area contributed by atoms with Crippen LogP contribution in [-0.4, -0.2) is 23.0 Å². The number of nitrogens with two attached hydrogens (primary N) is 1. The van der Waals surface area contributed by atoms with Crippen molar-refractivity contribution in [3.63, 3.8) is 0 Å². The summed E-state index contributed by atoms with van der Waals surface area (Å²) >= 11 is 0. The summed E-state index contributed by atoms with van der Waals surface area (Å²) in [5.74, 6) is 1.58. The fourth-order valence-electron chi connectivity index (χ4n) is 3.75. The van der Waals surface area contributed by atoms with Gasteiger partial charge in [-0.1, -0.05) is 6.07 Å². The normalized spacial score (nSPS) is 33.1. The SMILES string of the molecule is NC1CC2CC(NC(=O)Cc3cccnc3)CC2C1. The van der Waals surface area contributed by atoms with Gasteiger partial charge in [0.2, 0.25) is 5.91 Å². The summed E-state index contributed by atoms with van der Waals surface area (Å²) in [4.78, 5) is 16.0. The van der Waals surface area contributed by atoms with Gasteiger partial charge in [-0.25, -0.2) is 0 Å². The van der Waals surface area contributed by atoms with Crippen molar-refractivity contribution in [3.8, 4) is 0 Å². The third-order valence-electron chi connectivity index (χ3n) is 4.50. The molecule has 4 heteroatoms. The van der Waals surface area contributed by atoms with Gasteiger partial charge in [-0.3, -0.25) is 9.78 Å². The molecule has 2 aliphatic rings. The van der Waals surface area contributed by atoms with Crippen LogP contribution in [0.15, 0.2) is 24.5 Å². The Bertz CT molecular complexity index is 434. The van der Waals surface area contributed by atoms with Gasteiger partial charge in [-0.2, -0.15) is 0 Å². The maximum Gasteiger partial charge on any atom is 0.224 e. The molecule has 1 aromatic rings. The Morgan fingerprint density at radius 2 is 2.05 bits per heavy atom. The molecule has 0 bridgehead atoms. The van der Waals surface area contributed by atoms with E-state index in [1.165, 1.54) is 0 Å². The quantitative estimate of drug-likeness (QED) is 0.858. The van der Waals surface area contributed by atoms with Crippen LogP contribution in [0.3, 0.4) is 0 Å². The zero-order valence-electron chi connectivity index (χ0n) is 11.1. The van der Waals surface area contributed by atoms with Crippen LogP contribution in [0.4, 0.5) is 0 Å². The van der Waals surface area contributed by atoms with Crippen molar-refractivity contribution in [2.24, 2.45) is 17.6 Å². The molecule has 102 valence electrons. The third-order valence-corrected chi connectivity index (χ3v) is 4.50. The molecule has 0 aliphatic heterocycles. The smallest absolute Gasteiger partial charge is 0.224 e. The molecule has 0 radical (unpaired) electrons. The average molecular weight is 259 g/mol. The van der Waals surface area contributed by atoms with Crippen molar-refractivity contribution in [2.75, 3.05) is 0 Å². The van der Waals surface area contributed by atoms with Crippen LogP contribution in [0.2, 0.25) is 0 Å². The number of nitrogens with one attached hydrogen (secondary N) is 1. The van der Waals surface area contributed by atoms with E-state index in [9.17, 15) is 4.79 Å². The minimum Gasteiger partial charge on any atom is -0.353 e. The Kier molecular flexibility index (Phi) is 3.51. The van der Waals surface area contributed by atoms with Crippen molar-refractivity contribution >= 4 is 5.91 Å². The number of pyridine rings is 1. The predicted octanol–water partition coefficient (Wildman–Crippen LogP) is 1.26. The van der Waals surface area contributed by atoms with E-state index < -0.39 is 0 Å². The van der Waals surface area contributed by atoms with Gasteiger partial charge in [0.05, 0.1) is 6.42 Å². The van der Waals surface area contributed by atoms with Crippen LogP contribution < -0.4 is 11.1 Å². The van der Waals surface area contributed by atoms with E-state index in [-0.39, 0.29) is 5.91 Å². The van der Waals surface area contributed by atoms with Crippen LogP contribution in [0.25, 0.3) is 0 Å². The van der Waals surface area contributed by atoms with Crippen LogP contribution in [-0.2, 0) is 11.2 Å². The molecule has 2 unspecified atom stereocenters. The Morgan fingerprint density at radius 3 is 2.68 bits per heavy atom. The lowest BCUT2D eigenvalue weighted by molar-refractivity contribution is -0.121. The molecule has 2 fully saturated rings. The molecule has 0 aromatic carbocycles. The summed E-state index contributed by atoms with van der Waals surface area (Å²) in [7, 11) is 0. The van der Waals surface area contributed by atoms with E-state index in [0.29, 0.717) is 18.5 Å². The summed E-state index contributed by atoms with van der Waals surface area (Å²) in [6.45, 7) is 0. The van der Waals surface area contributed by atoms with Gasteiger partial charge in [-0.15, -0.1) is 0 Å². The summed E-state index contributed by atoms with van der Waals surface area (Å²) < 4.78 is 0. The fourth-order valence-corrected chi connectivity index (χ4v) is 3.75. The van der Waals surface area contributed by atoms with E-state index in [1.807, 2.05) is 12.1 Å². The molecule has 1 aromatic heterocycles. The number of carbonyl (C=O) groups is 1. The second-order valence-corrected chi connectivity index (χ2v) is 6.03. The van der Waals surface area contributed by atoms with Gasteiger partial charge in [-0.05, 0) is 49.1 Å². The Labute approximate surface area is 113 Å². The molecule has 2 aliphatic carbocycles. The molecular weight excluding hydrogens is 238 g/mol. The van der Waals surface area contributed by atoms with Crippen LogP contribution in [0, 0.1) is 11.8 Å². The van der Waals surface area contributed by atoms with Gasteiger partial charge >= 0.3 is 0 Å². The standard InChI is InChI=1S/C15H21N3O/c16-13-5-11-7-14(8-12(11)6-13)18-15(19)4-10-2-1-3-17-9-10/h1-3,9,11-14H,4-8,16H2,(H,18,19). The molecule has 3 rings (SSSR count). The highest BCUT2D eigenvalue weighted by molar-refractivity contribution is 5.78. The largest absolute Gasteiger partial charge is 0.353 e. The van der Waals surface area contributed by atoms with Gasteiger partial charge in [0.25, 0.3) is 0 Å². The van der Waals surface area contributed by atoms with Gasteiger partial charge in [0, 0.05) is 24.5 Å². The number of nitrogens with zero attached hydrogens (tertiary/aromatic N) is 1. The molecule has 4 nitrogen and oxygen atoms in total. The van der Waals surface area contributed by atoms with Crippen LogP contribution in [0.5, 0.6) is 0 Å². The van der Waals surface area contributed by atoms with Gasteiger partial charge < -0.3 is 11.1 Å². The summed E-state index contributed by atoms with van der Waals surface area (Å²) in [6, 6.07) is 4.55. The number of aromatic nitrogens is 1. The summed E-state index contributed by atoms with van der Waals surface area (Å²) in [6.07, 6.45) is 8.40. The van der Waals surface area contributed by atoms with E-state index in [2.05, 4.69) is 10.3 Å². The van der Waals surface area contributed by atoms with Gasteiger partial charge in [0.15, 0.2) is 0 Å². The first-order valence-electron chi connectivity index (χ1n) is 7.14. The third kappa shape index (κ3) is 2.95. The van der Waals surface area contributed by atoms with E-state index in [1.54, 1.807) is 12.4 Å². The minimum absolute atomic E-state index is 0.113. The van der Waals surface area contributed by atoms with E-state index in [0.717, 1.165) is 43.1 Å². The monoisotopic (exact) mass is 259 g/mol.